The van der Waals surface area contributed by atoms with Gasteiger partial charge in [0.15, 0.2) is 5.82 Å². The number of rotatable bonds is 7. The molecule has 3 rings (SSSR count). The minimum Gasteiger partial charge on any atom is -0.497 e. The quantitative estimate of drug-likeness (QED) is 0.373. The topological polar surface area (TPSA) is 120 Å². The van der Waals surface area contributed by atoms with E-state index in [1.165, 1.54) is 18.2 Å². The van der Waals surface area contributed by atoms with Crippen molar-refractivity contribution in [3.05, 3.63) is 52.1 Å². The molecule has 3 aromatic rings. The van der Waals surface area contributed by atoms with Crippen LogP contribution in [0.3, 0.4) is 0 Å². The van der Waals surface area contributed by atoms with Crippen molar-refractivity contribution in [3.8, 4) is 22.9 Å². The predicted octanol–water partition coefficient (Wildman–Crippen LogP) is 3.36. The largest absolute Gasteiger partial charge is 0.497 e. The highest BCUT2D eigenvalue weighted by atomic mass is 32.2. The lowest BCUT2D eigenvalue weighted by Gasteiger charge is -2.06. The van der Waals surface area contributed by atoms with Crippen molar-refractivity contribution in [3.63, 3.8) is 0 Å². The molecule has 0 aliphatic heterocycles. The van der Waals surface area contributed by atoms with Gasteiger partial charge in [-0.3, -0.25) is 20.0 Å². The van der Waals surface area contributed by atoms with Crippen LogP contribution in [0, 0.1) is 10.1 Å². The molecule has 9 nitrogen and oxygen atoms in total. The summed E-state index contributed by atoms with van der Waals surface area (Å²) >= 11 is 1.02. The molecule has 27 heavy (non-hydrogen) atoms. The second-order valence-corrected chi connectivity index (χ2v) is 6.28. The second kappa shape index (κ2) is 7.87. The SMILES string of the molecule is COc1cc(OC)cc(-c2nc(Sc3ccc(C=O)cc3[N+](=O)[O-])n[nH]2)c1. The highest BCUT2D eigenvalue weighted by Crippen LogP contribution is 2.35. The smallest absolute Gasteiger partial charge is 0.284 e. The Balaban J connectivity index is 1.91. The number of hydrogen-bond donors (Lipinski definition) is 1. The fraction of sp³-hybridized carbons (Fsp3) is 0.118. The molecule has 0 aliphatic carbocycles. The van der Waals surface area contributed by atoms with Crippen LogP contribution in [0.2, 0.25) is 0 Å². The first-order valence-electron chi connectivity index (χ1n) is 7.61. The van der Waals surface area contributed by atoms with Gasteiger partial charge in [0.05, 0.1) is 24.0 Å². The maximum absolute atomic E-state index is 11.2. The van der Waals surface area contributed by atoms with Crippen molar-refractivity contribution in [2.75, 3.05) is 14.2 Å². The fourth-order valence-corrected chi connectivity index (χ4v) is 3.10. The maximum atomic E-state index is 11.2. The zero-order chi connectivity index (χ0) is 19.4. The Hall–Kier alpha value is -3.40. The van der Waals surface area contributed by atoms with Gasteiger partial charge in [-0.25, -0.2) is 4.98 Å². The van der Waals surface area contributed by atoms with E-state index in [9.17, 15) is 14.9 Å². The molecule has 0 amide bonds. The standard InChI is InChI=1S/C17H14N4O5S/c1-25-12-6-11(7-13(8-12)26-2)16-18-17(20-19-16)27-15-4-3-10(9-22)5-14(15)21(23)24/h3-9H,1-2H3,(H,18,19,20). The Kier molecular flexibility index (Phi) is 5.36. The van der Waals surface area contributed by atoms with E-state index in [1.807, 2.05) is 0 Å². The summed E-state index contributed by atoms with van der Waals surface area (Å²) in [6.45, 7) is 0. The van der Waals surface area contributed by atoms with Gasteiger partial charge in [-0.05, 0) is 30.0 Å². The number of nitro groups is 1. The summed E-state index contributed by atoms with van der Waals surface area (Å²) in [5.41, 5.74) is 0.737. The normalized spacial score (nSPS) is 10.4. The molecule has 0 unspecified atom stereocenters. The van der Waals surface area contributed by atoms with Gasteiger partial charge in [-0.1, -0.05) is 6.07 Å². The number of nitrogens with zero attached hydrogens (tertiary/aromatic N) is 3. The molecule has 1 heterocycles. The van der Waals surface area contributed by atoms with Crippen LogP contribution >= 0.6 is 11.8 Å². The molecular formula is C17H14N4O5S. The number of ether oxygens (including phenoxy) is 2. The number of aromatic nitrogens is 3. The van der Waals surface area contributed by atoms with Gasteiger partial charge >= 0.3 is 0 Å². The Morgan fingerprint density at radius 2 is 1.85 bits per heavy atom. The third-order valence-corrected chi connectivity index (χ3v) is 4.54. The molecule has 1 N–H and O–H groups in total. The van der Waals surface area contributed by atoms with Crippen molar-refractivity contribution < 1.29 is 19.2 Å². The van der Waals surface area contributed by atoms with Gasteiger partial charge in [0.1, 0.15) is 17.8 Å². The number of methoxy groups -OCH3 is 2. The summed E-state index contributed by atoms with van der Waals surface area (Å²) in [7, 11) is 3.09. The van der Waals surface area contributed by atoms with Crippen LogP contribution < -0.4 is 9.47 Å². The number of aldehydes is 1. The number of aromatic amines is 1. The van der Waals surface area contributed by atoms with Crippen molar-refractivity contribution in [2.24, 2.45) is 0 Å². The van der Waals surface area contributed by atoms with Gasteiger partial charge in [-0.2, -0.15) is 0 Å². The molecule has 1 aromatic heterocycles. The van der Waals surface area contributed by atoms with Crippen LogP contribution in [-0.4, -0.2) is 40.6 Å². The molecule has 0 atom stereocenters. The first kappa shape index (κ1) is 18.4. The molecule has 2 aromatic carbocycles. The molecule has 0 fully saturated rings. The number of nitro benzene ring substituents is 1. The van der Waals surface area contributed by atoms with Crippen molar-refractivity contribution in [1.82, 2.24) is 15.2 Å². The molecule has 0 saturated heterocycles. The van der Waals surface area contributed by atoms with E-state index in [0.717, 1.165) is 11.8 Å². The third-order valence-electron chi connectivity index (χ3n) is 3.61. The lowest BCUT2D eigenvalue weighted by molar-refractivity contribution is -0.387. The van der Waals surface area contributed by atoms with Crippen LogP contribution in [0.25, 0.3) is 11.4 Å². The molecular weight excluding hydrogens is 372 g/mol. The maximum Gasteiger partial charge on any atom is 0.284 e. The molecule has 0 saturated carbocycles. The zero-order valence-electron chi connectivity index (χ0n) is 14.3. The Morgan fingerprint density at radius 3 is 2.44 bits per heavy atom. The van der Waals surface area contributed by atoms with Crippen molar-refractivity contribution in [1.29, 1.82) is 0 Å². The van der Waals surface area contributed by atoms with Gasteiger partial charge in [0, 0.05) is 23.3 Å². The minimum absolute atomic E-state index is 0.181. The monoisotopic (exact) mass is 386 g/mol. The van der Waals surface area contributed by atoms with E-state index >= 15 is 0 Å². The molecule has 0 radical (unpaired) electrons. The molecule has 10 heteroatoms. The number of hydrogen-bond acceptors (Lipinski definition) is 8. The highest BCUT2D eigenvalue weighted by molar-refractivity contribution is 7.99. The molecule has 138 valence electrons. The number of carbonyl (C=O) groups is 1. The average molecular weight is 386 g/mol. The number of H-pyrrole nitrogens is 1. The van der Waals surface area contributed by atoms with Gasteiger partial charge in [-0.15, -0.1) is 5.10 Å². The van der Waals surface area contributed by atoms with Gasteiger partial charge < -0.3 is 9.47 Å². The molecule has 0 aliphatic rings. The second-order valence-electron chi connectivity index (χ2n) is 5.27. The van der Waals surface area contributed by atoms with Crippen LogP contribution in [0.4, 0.5) is 5.69 Å². The lowest BCUT2D eigenvalue weighted by Crippen LogP contribution is -1.93. The van der Waals surface area contributed by atoms with E-state index in [1.54, 1.807) is 32.4 Å². The first-order valence-corrected chi connectivity index (χ1v) is 8.43. The summed E-state index contributed by atoms with van der Waals surface area (Å²) in [6, 6.07) is 9.47. The number of nitrogens with one attached hydrogen (secondary N) is 1. The summed E-state index contributed by atoms with van der Waals surface area (Å²) in [6.07, 6.45) is 0.558. The molecule has 0 bridgehead atoms. The van der Waals surface area contributed by atoms with Crippen molar-refractivity contribution >= 4 is 23.7 Å². The van der Waals surface area contributed by atoms with Crippen LogP contribution in [-0.2, 0) is 0 Å². The van der Waals surface area contributed by atoms with E-state index in [4.69, 9.17) is 9.47 Å². The number of carbonyl (C=O) groups excluding carboxylic acids is 1. The Bertz CT molecular complexity index is 982. The van der Waals surface area contributed by atoms with E-state index in [2.05, 4.69) is 15.2 Å². The van der Waals surface area contributed by atoms with Crippen molar-refractivity contribution in [2.45, 2.75) is 10.1 Å². The van der Waals surface area contributed by atoms with Crippen LogP contribution in [0.5, 0.6) is 11.5 Å². The van der Waals surface area contributed by atoms with Crippen LogP contribution in [0.1, 0.15) is 10.4 Å². The van der Waals surface area contributed by atoms with Crippen LogP contribution in [0.15, 0.2) is 46.5 Å². The highest BCUT2D eigenvalue weighted by Gasteiger charge is 2.18. The van der Waals surface area contributed by atoms with E-state index in [-0.39, 0.29) is 11.3 Å². The van der Waals surface area contributed by atoms with Gasteiger partial charge in [0.25, 0.3) is 5.69 Å². The van der Waals surface area contributed by atoms with E-state index in [0.29, 0.717) is 39.2 Å². The Labute approximate surface area is 157 Å². The third kappa shape index (κ3) is 4.06. The molecule has 0 spiro atoms. The predicted molar refractivity (Wildman–Crippen MR) is 97.5 cm³/mol. The van der Waals surface area contributed by atoms with E-state index < -0.39 is 4.92 Å². The fourth-order valence-electron chi connectivity index (χ4n) is 2.30. The summed E-state index contributed by atoms with van der Waals surface area (Å²) in [5.74, 6) is 1.65. The van der Waals surface area contributed by atoms with Gasteiger partial charge in [0.2, 0.25) is 5.16 Å². The summed E-state index contributed by atoms with van der Waals surface area (Å²) in [4.78, 5) is 26.2. The first-order chi connectivity index (χ1) is 13.0. The summed E-state index contributed by atoms with van der Waals surface area (Å²) < 4.78 is 10.5. The lowest BCUT2D eigenvalue weighted by atomic mass is 10.2. The zero-order valence-corrected chi connectivity index (χ0v) is 15.1. The summed E-state index contributed by atoms with van der Waals surface area (Å²) in [5, 5.41) is 18.4. The Morgan fingerprint density at radius 1 is 1.15 bits per heavy atom. The average Bonchev–Trinajstić information content (AvgIpc) is 3.16. The minimum atomic E-state index is -0.546. The number of benzene rings is 2.